The van der Waals surface area contributed by atoms with Crippen LogP contribution in [0.2, 0.25) is 0 Å². The zero-order valence-electron chi connectivity index (χ0n) is 12.6. The second kappa shape index (κ2) is 6.48. The Morgan fingerprint density at radius 1 is 1.22 bits per heavy atom. The molecular weight excluding hydrogens is 313 g/mol. The monoisotopic (exact) mass is 329 g/mol. The van der Waals surface area contributed by atoms with Crippen LogP contribution in [0.5, 0.6) is 0 Å². The zero-order chi connectivity index (χ0) is 16.4. The first-order chi connectivity index (χ1) is 11.1. The third kappa shape index (κ3) is 3.11. The molecule has 0 bridgehead atoms. The van der Waals surface area contributed by atoms with Gasteiger partial charge >= 0.3 is 0 Å². The molecule has 0 aliphatic heterocycles. The summed E-state index contributed by atoms with van der Waals surface area (Å²) in [4.78, 5) is 14.5. The number of aliphatic hydroxyl groups is 1. The summed E-state index contributed by atoms with van der Waals surface area (Å²) >= 11 is 1.42. The van der Waals surface area contributed by atoms with Crippen LogP contribution in [0.3, 0.4) is 0 Å². The molecule has 118 valence electrons. The quantitative estimate of drug-likeness (QED) is 0.791. The van der Waals surface area contributed by atoms with Gasteiger partial charge in [0.25, 0.3) is 5.91 Å². The van der Waals surface area contributed by atoms with E-state index in [1.165, 1.54) is 28.4 Å². The Balaban J connectivity index is 2.05. The molecule has 3 aromatic rings. The van der Waals surface area contributed by atoms with Crippen molar-refractivity contribution in [2.75, 3.05) is 20.2 Å². The van der Waals surface area contributed by atoms with Crippen LogP contribution in [0.25, 0.3) is 21.2 Å². The molecule has 0 aliphatic carbocycles. The summed E-state index contributed by atoms with van der Waals surface area (Å²) in [6.45, 7) is 0.242. The zero-order valence-corrected chi connectivity index (χ0v) is 13.4. The molecule has 0 atom stereocenters. The Bertz CT molecular complexity index is 842. The average molecular weight is 329 g/mol. The second-order valence-electron chi connectivity index (χ2n) is 5.29. The van der Waals surface area contributed by atoms with Crippen molar-refractivity contribution in [2.45, 2.75) is 0 Å². The van der Waals surface area contributed by atoms with Crippen LogP contribution in [0, 0.1) is 5.82 Å². The molecule has 0 unspecified atom stereocenters. The van der Waals surface area contributed by atoms with E-state index in [-0.39, 0.29) is 18.3 Å². The lowest BCUT2D eigenvalue weighted by atomic mass is 10.0. The summed E-state index contributed by atoms with van der Waals surface area (Å²) in [5.41, 5.74) is 1.89. The number of hydrogen-bond donors (Lipinski definition) is 1. The van der Waals surface area contributed by atoms with Crippen molar-refractivity contribution in [3.63, 3.8) is 0 Å². The molecule has 0 fully saturated rings. The summed E-state index contributed by atoms with van der Waals surface area (Å²) in [5.74, 6) is -0.377. The van der Waals surface area contributed by atoms with E-state index in [0.717, 1.165) is 21.2 Å². The van der Waals surface area contributed by atoms with E-state index < -0.39 is 0 Å². The summed E-state index contributed by atoms with van der Waals surface area (Å²) in [5, 5.41) is 9.94. The van der Waals surface area contributed by atoms with E-state index in [2.05, 4.69) is 0 Å². The lowest BCUT2D eigenvalue weighted by molar-refractivity contribution is 0.0772. The molecule has 0 saturated carbocycles. The molecule has 3 nitrogen and oxygen atoms in total. The third-order valence-corrected chi connectivity index (χ3v) is 4.80. The van der Waals surface area contributed by atoms with Crippen LogP contribution < -0.4 is 0 Å². The highest BCUT2D eigenvalue weighted by Crippen LogP contribution is 2.34. The van der Waals surface area contributed by atoms with Gasteiger partial charge in [-0.05, 0) is 35.4 Å². The number of carbonyl (C=O) groups excluding carboxylic acids is 1. The Morgan fingerprint density at radius 2 is 1.96 bits per heavy atom. The summed E-state index contributed by atoms with van der Waals surface area (Å²) in [6, 6.07) is 14.1. The number of amides is 1. The molecule has 0 aliphatic rings. The summed E-state index contributed by atoms with van der Waals surface area (Å²) in [6.07, 6.45) is 0. The molecule has 0 saturated heterocycles. The smallest absolute Gasteiger partial charge is 0.263 e. The number of halogens is 1. The van der Waals surface area contributed by atoms with Gasteiger partial charge < -0.3 is 10.0 Å². The number of likely N-dealkylation sites (N-methyl/N-ethyl adjacent to an activating group) is 1. The normalized spacial score (nSPS) is 10.9. The van der Waals surface area contributed by atoms with Crippen molar-refractivity contribution in [2.24, 2.45) is 0 Å². The van der Waals surface area contributed by atoms with Crippen molar-refractivity contribution in [3.8, 4) is 11.1 Å². The predicted octanol–water partition coefficient (Wildman–Crippen LogP) is 3.77. The van der Waals surface area contributed by atoms with Crippen molar-refractivity contribution in [1.82, 2.24) is 4.90 Å². The van der Waals surface area contributed by atoms with Gasteiger partial charge in [-0.2, -0.15) is 0 Å². The molecule has 0 radical (unpaired) electrons. The fourth-order valence-electron chi connectivity index (χ4n) is 2.49. The Morgan fingerprint density at radius 3 is 2.65 bits per heavy atom. The number of carbonyl (C=O) groups is 1. The lowest BCUT2D eigenvalue weighted by Crippen LogP contribution is -2.28. The van der Waals surface area contributed by atoms with Gasteiger partial charge in [-0.25, -0.2) is 4.39 Å². The Hall–Kier alpha value is -2.24. The number of aliphatic hydroxyl groups excluding tert-OH is 1. The van der Waals surface area contributed by atoms with Crippen molar-refractivity contribution in [3.05, 3.63) is 59.2 Å². The van der Waals surface area contributed by atoms with Gasteiger partial charge in [-0.3, -0.25) is 4.79 Å². The Labute approximate surface area is 137 Å². The highest BCUT2D eigenvalue weighted by Gasteiger charge is 2.16. The largest absolute Gasteiger partial charge is 0.395 e. The molecule has 23 heavy (non-hydrogen) atoms. The number of fused-ring (bicyclic) bond motifs is 1. The molecule has 5 heteroatoms. The first-order valence-electron chi connectivity index (χ1n) is 7.25. The van der Waals surface area contributed by atoms with E-state index in [1.54, 1.807) is 19.2 Å². The van der Waals surface area contributed by atoms with Crippen LogP contribution in [-0.2, 0) is 0 Å². The van der Waals surface area contributed by atoms with Crippen LogP contribution in [0.4, 0.5) is 4.39 Å². The maximum Gasteiger partial charge on any atom is 0.263 e. The maximum absolute atomic E-state index is 13.1. The molecule has 1 amide bonds. The predicted molar refractivity (Wildman–Crippen MR) is 91.3 cm³/mol. The maximum atomic E-state index is 13.1. The molecular formula is C18H16FNO2S. The minimum atomic E-state index is -0.271. The average Bonchev–Trinajstić information content (AvgIpc) is 2.99. The summed E-state index contributed by atoms with van der Waals surface area (Å²) < 4.78 is 14.1. The molecule has 0 spiro atoms. The number of rotatable bonds is 4. The Kier molecular flexibility index (Phi) is 4.41. The van der Waals surface area contributed by atoms with Gasteiger partial charge in [0.2, 0.25) is 0 Å². The van der Waals surface area contributed by atoms with E-state index >= 15 is 0 Å². The molecule has 1 N–H and O–H groups in total. The van der Waals surface area contributed by atoms with Crippen LogP contribution in [0.15, 0.2) is 48.5 Å². The number of benzene rings is 2. The van der Waals surface area contributed by atoms with Crippen molar-refractivity contribution < 1.29 is 14.3 Å². The third-order valence-electron chi connectivity index (χ3n) is 3.71. The van der Waals surface area contributed by atoms with Gasteiger partial charge in [0.15, 0.2) is 0 Å². The topological polar surface area (TPSA) is 40.5 Å². The minimum Gasteiger partial charge on any atom is -0.395 e. The lowest BCUT2D eigenvalue weighted by Gasteiger charge is -2.13. The van der Waals surface area contributed by atoms with E-state index in [1.807, 2.05) is 24.3 Å². The summed E-state index contributed by atoms with van der Waals surface area (Å²) in [7, 11) is 1.67. The van der Waals surface area contributed by atoms with Gasteiger partial charge in [-0.1, -0.05) is 24.3 Å². The number of hydrogen-bond acceptors (Lipinski definition) is 3. The molecule has 2 aromatic carbocycles. The number of nitrogens with zero attached hydrogens (tertiary/aromatic N) is 1. The number of thiophene rings is 1. The van der Waals surface area contributed by atoms with E-state index in [4.69, 9.17) is 5.11 Å². The van der Waals surface area contributed by atoms with Gasteiger partial charge in [-0.15, -0.1) is 11.3 Å². The highest BCUT2D eigenvalue weighted by molar-refractivity contribution is 7.20. The van der Waals surface area contributed by atoms with Gasteiger partial charge in [0.1, 0.15) is 5.82 Å². The van der Waals surface area contributed by atoms with Crippen molar-refractivity contribution in [1.29, 1.82) is 0 Å². The SMILES string of the molecule is CN(CCO)C(=O)c1cc2c(-c3ccc(F)cc3)cccc2s1. The van der Waals surface area contributed by atoms with Crippen LogP contribution in [0.1, 0.15) is 9.67 Å². The first kappa shape index (κ1) is 15.6. The van der Waals surface area contributed by atoms with Crippen LogP contribution >= 0.6 is 11.3 Å². The van der Waals surface area contributed by atoms with Gasteiger partial charge in [0, 0.05) is 23.7 Å². The van der Waals surface area contributed by atoms with E-state index in [0.29, 0.717) is 11.4 Å². The highest BCUT2D eigenvalue weighted by atomic mass is 32.1. The standard InChI is InChI=1S/C18H16FNO2S/c1-20(9-10-21)18(22)17-11-15-14(3-2-4-16(15)23-17)12-5-7-13(19)8-6-12/h2-8,11,21H,9-10H2,1H3. The fraction of sp³-hybridized carbons (Fsp3) is 0.167. The van der Waals surface area contributed by atoms with E-state index in [9.17, 15) is 9.18 Å². The van der Waals surface area contributed by atoms with Crippen molar-refractivity contribution >= 4 is 27.3 Å². The first-order valence-corrected chi connectivity index (χ1v) is 8.06. The fourth-order valence-corrected chi connectivity index (χ4v) is 3.57. The second-order valence-corrected chi connectivity index (χ2v) is 6.37. The minimum absolute atomic E-state index is 0.0615. The van der Waals surface area contributed by atoms with Crippen LogP contribution in [-0.4, -0.2) is 36.1 Å². The molecule has 3 rings (SSSR count). The molecule has 1 heterocycles. The molecule has 1 aromatic heterocycles. The van der Waals surface area contributed by atoms with Gasteiger partial charge in [0.05, 0.1) is 11.5 Å².